The van der Waals surface area contributed by atoms with E-state index in [2.05, 4.69) is 18.1 Å². The number of methoxy groups -OCH3 is 1. The predicted molar refractivity (Wildman–Crippen MR) is 141 cm³/mol. The van der Waals surface area contributed by atoms with Gasteiger partial charge in [0, 0.05) is 22.9 Å². The lowest BCUT2D eigenvalue weighted by molar-refractivity contribution is -0.139. The number of hydrogen-bond acceptors (Lipinski definition) is 6. The van der Waals surface area contributed by atoms with E-state index >= 15 is 0 Å². The smallest absolute Gasteiger partial charge is 0.309 e. The van der Waals surface area contributed by atoms with Gasteiger partial charge in [0.15, 0.2) is 5.58 Å². The monoisotopic (exact) mass is 507 g/mol. The van der Waals surface area contributed by atoms with Crippen molar-refractivity contribution in [2.24, 2.45) is 0 Å². The minimum absolute atomic E-state index is 0.0812. The molecule has 1 atom stereocenters. The number of aromatic nitrogens is 1. The molecule has 0 amide bonds. The average Bonchev–Trinajstić information content (AvgIpc) is 3.30. The zero-order valence-corrected chi connectivity index (χ0v) is 21.5. The fourth-order valence-electron chi connectivity index (χ4n) is 4.11. The van der Waals surface area contributed by atoms with Crippen molar-refractivity contribution in [1.29, 1.82) is 0 Å². The number of carbonyl (C=O) groups is 1. The van der Waals surface area contributed by atoms with Crippen LogP contribution in [0.25, 0.3) is 22.2 Å². The lowest BCUT2D eigenvalue weighted by Crippen LogP contribution is -2.17. The summed E-state index contributed by atoms with van der Waals surface area (Å²) in [6, 6.07) is 19.3. The van der Waals surface area contributed by atoms with Crippen LogP contribution >= 0.6 is 11.6 Å². The molecule has 3 aromatic carbocycles. The Balaban J connectivity index is 1.42. The summed E-state index contributed by atoms with van der Waals surface area (Å²) >= 11 is 6.34. The number of ether oxygens (including phenoxy) is 3. The number of esters is 1. The molecule has 1 heterocycles. The molecule has 4 aromatic rings. The zero-order valence-electron chi connectivity index (χ0n) is 20.8. The van der Waals surface area contributed by atoms with Crippen molar-refractivity contribution in [2.75, 3.05) is 13.7 Å². The number of rotatable bonds is 11. The van der Waals surface area contributed by atoms with Crippen molar-refractivity contribution < 1.29 is 23.5 Å². The van der Waals surface area contributed by atoms with Crippen LogP contribution in [-0.2, 0) is 22.4 Å². The number of fused-ring (bicyclic) bond motifs is 1. The van der Waals surface area contributed by atoms with Crippen LogP contribution in [0.3, 0.4) is 0 Å². The minimum atomic E-state index is -0.311. The fraction of sp³-hybridized carbons (Fsp3) is 0.310. The molecular weight excluding hydrogens is 478 g/mol. The van der Waals surface area contributed by atoms with Crippen LogP contribution in [0, 0.1) is 0 Å². The Hall–Kier alpha value is -3.51. The van der Waals surface area contributed by atoms with Gasteiger partial charge in [0.1, 0.15) is 17.2 Å². The Morgan fingerprint density at radius 3 is 2.69 bits per heavy atom. The molecule has 0 spiro atoms. The second-order valence-corrected chi connectivity index (χ2v) is 9.05. The van der Waals surface area contributed by atoms with E-state index in [-0.39, 0.29) is 18.5 Å². The molecule has 1 unspecified atom stereocenters. The third kappa shape index (κ3) is 6.00. The van der Waals surface area contributed by atoms with E-state index in [9.17, 15) is 4.79 Å². The minimum Gasteiger partial charge on any atom is -0.492 e. The van der Waals surface area contributed by atoms with Gasteiger partial charge in [0.25, 0.3) is 0 Å². The summed E-state index contributed by atoms with van der Waals surface area (Å²) in [7, 11) is 1.36. The number of halogens is 1. The predicted octanol–water partition coefficient (Wildman–Crippen LogP) is 7.05. The van der Waals surface area contributed by atoms with Crippen LogP contribution in [-0.4, -0.2) is 30.9 Å². The van der Waals surface area contributed by atoms with Crippen LogP contribution in [0.1, 0.15) is 37.8 Å². The molecule has 0 bridgehead atoms. The summed E-state index contributed by atoms with van der Waals surface area (Å²) in [6.45, 7) is 4.62. The van der Waals surface area contributed by atoms with E-state index in [1.54, 1.807) is 12.1 Å². The van der Waals surface area contributed by atoms with Crippen LogP contribution < -0.4 is 9.47 Å². The molecule has 4 rings (SSSR count). The van der Waals surface area contributed by atoms with E-state index in [0.29, 0.717) is 23.8 Å². The molecule has 0 N–H and O–H groups in total. The number of carbonyl (C=O) groups excluding carboxylic acids is 1. The standard InChI is InChI=1S/C29H30ClNO5/c1-4-8-21-22(29-23-9-5-6-11-26(23)36-31-29)10-7-12-25(21)35-19(2)15-16-34-27-14-13-20(17-24(27)30)18-28(32)33-3/h5-7,9-14,17,19H,4,8,15-16,18H2,1-3H3. The first-order valence-corrected chi connectivity index (χ1v) is 12.5. The molecule has 0 aliphatic heterocycles. The Labute approximate surface area is 216 Å². The highest BCUT2D eigenvalue weighted by atomic mass is 35.5. The molecule has 1 aromatic heterocycles. The molecule has 36 heavy (non-hydrogen) atoms. The van der Waals surface area contributed by atoms with Crippen molar-refractivity contribution in [2.45, 2.75) is 45.6 Å². The maximum absolute atomic E-state index is 11.5. The summed E-state index contributed by atoms with van der Waals surface area (Å²) in [6.07, 6.45) is 2.60. The third-order valence-electron chi connectivity index (χ3n) is 5.95. The molecular formula is C29H30ClNO5. The van der Waals surface area contributed by atoms with E-state index in [1.807, 2.05) is 49.4 Å². The van der Waals surface area contributed by atoms with E-state index in [0.717, 1.165) is 51.9 Å². The van der Waals surface area contributed by atoms with Gasteiger partial charge in [0.05, 0.1) is 31.3 Å². The second kappa shape index (κ2) is 12.0. The Morgan fingerprint density at radius 2 is 1.92 bits per heavy atom. The Morgan fingerprint density at radius 1 is 1.08 bits per heavy atom. The first kappa shape index (κ1) is 25.6. The van der Waals surface area contributed by atoms with Crippen molar-refractivity contribution in [3.63, 3.8) is 0 Å². The quantitative estimate of drug-likeness (QED) is 0.202. The summed E-state index contributed by atoms with van der Waals surface area (Å²) in [5.41, 5.74) is 4.53. The number of hydrogen-bond donors (Lipinski definition) is 0. The van der Waals surface area contributed by atoms with Crippen molar-refractivity contribution >= 4 is 28.5 Å². The summed E-state index contributed by atoms with van der Waals surface area (Å²) < 4.78 is 22.5. The maximum Gasteiger partial charge on any atom is 0.309 e. The van der Waals surface area contributed by atoms with E-state index < -0.39 is 0 Å². The molecule has 188 valence electrons. The van der Waals surface area contributed by atoms with E-state index in [4.69, 9.17) is 30.3 Å². The SMILES string of the molecule is CCCc1c(OC(C)CCOc2ccc(CC(=O)OC)cc2Cl)cccc1-c1noc2ccccc12. The first-order valence-electron chi connectivity index (χ1n) is 12.1. The normalized spacial score (nSPS) is 11.9. The van der Waals surface area contributed by atoms with Gasteiger partial charge >= 0.3 is 5.97 Å². The lowest BCUT2D eigenvalue weighted by Gasteiger charge is -2.19. The highest BCUT2D eigenvalue weighted by Crippen LogP contribution is 2.36. The summed E-state index contributed by atoms with van der Waals surface area (Å²) in [5, 5.41) is 5.81. The van der Waals surface area contributed by atoms with Gasteiger partial charge in [-0.3, -0.25) is 4.79 Å². The fourth-order valence-corrected chi connectivity index (χ4v) is 4.36. The van der Waals surface area contributed by atoms with Crippen molar-refractivity contribution in [1.82, 2.24) is 5.16 Å². The molecule has 0 saturated heterocycles. The van der Waals surface area contributed by atoms with Crippen molar-refractivity contribution in [3.8, 4) is 22.8 Å². The van der Waals surface area contributed by atoms with Gasteiger partial charge in [-0.2, -0.15) is 0 Å². The number of benzene rings is 3. The van der Waals surface area contributed by atoms with Gasteiger partial charge in [-0.1, -0.05) is 60.4 Å². The molecule has 7 heteroatoms. The first-order chi connectivity index (χ1) is 17.5. The molecule has 6 nitrogen and oxygen atoms in total. The average molecular weight is 508 g/mol. The number of para-hydroxylation sites is 1. The van der Waals surface area contributed by atoms with Crippen LogP contribution in [0.15, 0.2) is 65.2 Å². The van der Waals surface area contributed by atoms with Gasteiger partial charge in [-0.05, 0) is 49.2 Å². The third-order valence-corrected chi connectivity index (χ3v) is 6.24. The van der Waals surface area contributed by atoms with Gasteiger partial charge in [-0.25, -0.2) is 0 Å². The molecule has 0 radical (unpaired) electrons. The van der Waals surface area contributed by atoms with E-state index in [1.165, 1.54) is 7.11 Å². The largest absolute Gasteiger partial charge is 0.492 e. The molecule has 0 aliphatic rings. The highest BCUT2D eigenvalue weighted by molar-refractivity contribution is 6.32. The maximum atomic E-state index is 11.5. The lowest BCUT2D eigenvalue weighted by atomic mass is 9.97. The van der Waals surface area contributed by atoms with Crippen LogP contribution in [0.4, 0.5) is 0 Å². The van der Waals surface area contributed by atoms with Crippen LogP contribution in [0.5, 0.6) is 11.5 Å². The highest BCUT2D eigenvalue weighted by Gasteiger charge is 2.18. The zero-order chi connectivity index (χ0) is 25.5. The van der Waals surface area contributed by atoms with Crippen LogP contribution in [0.2, 0.25) is 5.02 Å². The topological polar surface area (TPSA) is 70.8 Å². The summed E-state index contributed by atoms with van der Waals surface area (Å²) in [5.74, 6) is 1.11. The molecule has 0 saturated carbocycles. The van der Waals surface area contributed by atoms with Gasteiger partial charge in [-0.15, -0.1) is 0 Å². The Bertz CT molecular complexity index is 1330. The molecule has 0 fully saturated rings. The van der Waals surface area contributed by atoms with Gasteiger partial charge in [0.2, 0.25) is 0 Å². The summed E-state index contributed by atoms with van der Waals surface area (Å²) in [4.78, 5) is 11.5. The molecule has 0 aliphatic carbocycles. The van der Waals surface area contributed by atoms with Gasteiger partial charge < -0.3 is 18.7 Å². The second-order valence-electron chi connectivity index (χ2n) is 8.64. The van der Waals surface area contributed by atoms with Crippen molar-refractivity contribution in [3.05, 3.63) is 76.8 Å². The Kier molecular flexibility index (Phi) is 8.49. The number of nitrogens with zero attached hydrogens (tertiary/aromatic N) is 1.